The number of aromatic nitrogens is 2. The van der Waals surface area contributed by atoms with Crippen molar-refractivity contribution in [3.05, 3.63) is 76.5 Å². The second-order valence-corrected chi connectivity index (χ2v) is 7.50. The molecule has 2 N–H and O–H groups in total. The topological polar surface area (TPSA) is 109 Å². The van der Waals surface area contributed by atoms with Crippen LogP contribution in [-0.2, 0) is 24.4 Å². The summed E-state index contributed by atoms with van der Waals surface area (Å²) in [7, 11) is 0. The Morgan fingerprint density at radius 2 is 1.86 bits per heavy atom. The predicted molar refractivity (Wildman–Crippen MR) is 110 cm³/mol. The minimum absolute atomic E-state index is 0.105. The van der Waals surface area contributed by atoms with Gasteiger partial charge in [-0.25, -0.2) is 0 Å². The smallest absolute Gasteiger partial charge is 0.235 e. The number of hydrogen-bond donors (Lipinski definition) is 1. The maximum absolute atomic E-state index is 12.9. The first-order chi connectivity index (χ1) is 14.1. The molecule has 0 aliphatic rings. The molecule has 3 rings (SSSR count). The highest BCUT2D eigenvalue weighted by atomic mass is 35.5. The molecule has 0 aliphatic carbocycles. The van der Waals surface area contributed by atoms with Gasteiger partial charge in [-0.1, -0.05) is 35.9 Å². The molecule has 0 unspecified atom stereocenters. The first-order valence-electron chi connectivity index (χ1n) is 8.74. The zero-order valence-electron chi connectivity index (χ0n) is 15.4. The van der Waals surface area contributed by atoms with Crippen molar-refractivity contribution in [3.8, 4) is 6.07 Å². The molecular weight excluding hydrogens is 410 g/mol. The van der Waals surface area contributed by atoms with E-state index in [-0.39, 0.29) is 24.7 Å². The summed E-state index contributed by atoms with van der Waals surface area (Å²) in [6.07, 6.45) is 0. The lowest BCUT2D eigenvalue weighted by Gasteiger charge is -2.21. The van der Waals surface area contributed by atoms with Crippen LogP contribution in [0.4, 0.5) is 0 Å². The van der Waals surface area contributed by atoms with Crippen LogP contribution < -0.4 is 5.73 Å². The number of thioether (sulfide) groups is 1. The van der Waals surface area contributed by atoms with E-state index >= 15 is 0 Å². The number of carbonyl (C=O) groups is 1. The lowest BCUT2D eigenvalue weighted by Crippen LogP contribution is -2.31. The average molecular weight is 428 g/mol. The van der Waals surface area contributed by atoms with Gasteiger partial charge in [-0.3, -0.25) is 4.79 Å². The lowest BCUT2D eigenvalue weighted by molar-refractivity contribution is -0.129. The van der Waals surface area contributed by atoms with Crippen LogP contribution in [0.5, 0.6) is 0 Å². The molecular formula is C20H18ClN5O2S. The van der Waals surface area contributed by atoms with Crippen LogP contribution in [0.15, 0.2) is 57.8 Å². The maximum Gasteiger partial charge on any atom is 0.235 e. The summed E-state index contributed by atoms with van der Waals surface area (Å²) in [4.78, 5) is 15.4. The van der Waals surface area contributed by atoms with Gasteiger partial charge in [-0.05, 0) is 29.8 Å². The number of carbonyl (C=O) groups excluding carboxylic acids is 1. The third-order valence-corrected chi connectivity index (χ3v) is 5.51. The van der Waals surface area contributed by atoms with Gasteiger partial charge in [0.15, 0.2) is 0 Å². The number of halogens is 1. The molecule has 29 heavy (non-hydrogen) atoms. The Hall–Kier alpha value is -2.86. The molecule has 9 heteroatoms. The summed E-state index contributed by atoms with van der Waals surface area (Å²) in [5.74, 6) is 0.732. The number of hydrogen-bond acceptors (Lipinski definition) is 7. The van der Waals surface area contributed by atoms with Gasteiger partial charge in [0.1, 0.15) is 0 Å². The van der Waals surface area contributed by atoms with E-state index in [0.29, 0.717) is 28.9 Å². The number of nitrogens with two attached hydrogens (primary N) is 1. The standard InChI is InChI=1S/C20H18ClN5O2S/c21-16-3-1-2-4-17(16)29-13-20(27)26(12-19-25-24-18(10-23)28-19)11-15-7-5-14(9-22)6-8-15/h1-8H,10-13,23H2. The first-order valence-corrected chi connectivity index (χ1v) is 10.1. The van der Waals surface area contributed by atoms with E-state index in [4.69, 9.17) is 27.0 Å². The Bertz CT molecular complexity index is 1020. The largest absolute Gasteiger partial charge is 0.422 e. The van der Waals surface area contributed by atoms with Crippen LogP contribution in [0.1, 0.15) is 22.9 Å². The van der Waals surface area contributed by atoms with Gasteiger partial charge < -0.3 is 15.1 Å². The van der Waals surface area contributed by atoms with Crippen molar-refractivity contribution < 1.29 is 9.21 Å². The second kappa shape index (κ2) is 10.1. The van der Waals surface area contributed by atoms with Crippen LogP contribution in [0.25, 0.3) is 0 Å². The van der Waals surface area contributed by atoms with Crippen molar-refractivity contribution >= 4 is 29.3 Å². The van der Waals surface area contributed by atoms with Crippen LogP contribution in [0, 0.1) is 11.3 Å². The Morgan fingerprint density at radius 1 is 1.14 bits per heavy atom. The van der Waals surface area contributed by atoms with Crippen molar-refractivity contribution in [3.63, 3.8) is 0 Å². The summed E-state index contributed by atoms with van der Waals surface area (Å²) in [6.45, 7) is 0.641. The highest BCUT2D eigenvalue weighted by molar-refractivity contribution is 8.00. The van der Waals surface area contributed by atoms with Crippen molar-refractivity contribution in [2.75, 3.05) is 5.75 Å². The highest BCUT2D eigenvalue weighted by Gasteiger charge is 2.19. The van der Waals surface area contributed by atoms with E-state index < -0.39 is 0 Å². The normalized spacial score (nSPS) is 10.5. The molecule has 2 aromatic carbocycles. The molecule has 1 aromatic heterocycles. The fraction of sp³-hybridized carbons (Fsp3) is 0.200. The highest BCUT2D eigenvalue weighted by Crippen LogP contribution is 2.27. The molecule has 7 nitrogen and oxygen atoms in total. The molecule has 0 atom stereocenters. The summed E-state index contributed by atoms with van der Waals surface area (Å²) >= 11 is 7.54. The summed E-state index contributed by atoms with van der Waals surface area (Å²) in [5.41, 5.74) is 6.96. The van der Waals surface area contributed by atoms with E-state index in [1.54, 1.807) is 23.1 Å². The Morgan fingerprint density at radius 3 is 2.52 bits per heavy atom. The van der Waals surface area contributed by atoms with Gasteiger partial charge in [0.25, 0.3) is 0 Å². The lowest BCUT2D eigenvalue weighted by atomic mass is 10.1. The molecule has 0 fully saturated rings. The van der Waals surface area contributed by atoms with Crippen LogP contribution in [0.3, 0.4) is 0 Å². The molecule has 1 heterocycles. The van der Waals surface area contributed by atoms with Crippen molar-refractivity contribution in [1.29, 1.82) is 5.26 Å². The fourth-order valence-electron chi connectivity index (χ4n) is 2.53. The minimum atomic E-state index is -0.105. The number of benzene rings is 2. The first kappa shape index (κ1) is 20.9. The van der Waals surface area contributed by atoms with E-state index in [9.17, 15) is 4.79 Å². The summed E-state index contributed by atoms with van der Waals surface area (Å²) in [6, 6.07) is 16.5. The molecule has 0 spiro atoms. The predicted octanol–water partition coefficient (Wildman–Crippen LogP) is 3.37. The Balaban J connectivity index is 1.73. The van der Waals surface area contributed by atoms with Crippen LogP contribution >= 0.6 is 23.4 Å². The molecule has 0 saturated carbocycles. The van der Waals surface area contributed by atoms with Crippen molar-refractivity contribution in [2.45, 2.75) is 24.5 Å². The minimum Gasteiger partial charge on any atom is -0.422 e. The number of nitrogens with zero attached hydrogens (tertiary/aromatic N) is 4. The summed E-state index contributed by atoms with van der Waals surface area (Å²) < 4.78 is 5.46. The molecule has 3 aromatic rings. The summed E-state index contributed by atoms with van der Waals surface area (Å²) in [5, 5.41) is 17.4. The Labute approximate surface area is 177 Å². The number of rotatable bonds is 8. The van der Waals surface area contributed by atoms with Gasteiger partial charge in [0.05, 0.1) is 35.5 Å². The molecule has 0 radical (unpaired) electrons. The van der Waals surface area contributed by atoms with Gasteiger partial charge in [0.2, 0.25) is 17.7 Å². The van der Waals surface area contributed by atoms with Gasteiger partial charge in [0, 0.05) is 11.4 Å². The molecule has 148 valence electrons. The number of amides is 1. The third kappa shape index (κ3) is 5.81. The van der Waals surface area contributed by atoms with Gasteiger partial charge in [-0.15, -0.1) is 22.0 Å². The second-order valence-electron chi connectivity index (χ2n) is 6.07. The van der Waals surface area contributed by atoms with E-state index in [1.807, 2.05) is 30.3 Å². The van der Waals surface area contributed by atoms with Gasteiger partial charge in [-0.2, -0.15) is 5.26 Å². The third-order valence-electron chi connectivity index (χ3n) is 4.01. The molecule has 0 bridgehead atoms. The van der Waals surface area contributed by atoms with Crippen LogP contribution in [-0.4, -0.2) is 26.8 Å². The van der Waals surface area contributed by atoms with Gasteiger partial charge >= 0.3 is 0 Å². The molecule has 0 aliphatic heterocycles. The van der Waals surface area contributed by atoms with E-state index in [2.05, 4.69) is 16.3 Å². The molecule has 1 amide bonds. The SMILES string of the molecule is N#Cc1ccc(CN(Cc2nnc(CN)o2)C(=O)CSc2ccccc2Cl)cc1. The monoisotopic (exact) mass is 427 g/mol. The quantitative estimate of drug-likeness (QED) is 0.549. The van der Waals surface area contributed by atoms with Crippen molar-refractivity contribution in [2.24, 2.45) is 5.73 Å². The van der Waals surface area contributed by atoms with E-state index in [0.717, 1.165) is 10.5 Å². The number of nitriles is 1. The average Bonchev–Trinajstić information content (AvgIpc) is 3.20. The van der Waals surface area contributed by atoms with E-state index in [1.165, 1.54) is 11.8 Å². The Kier molecular flexibility index (Phi) is 7.25. The zero-order chi connectivity index (χ0) is 20.6. The molecule has 0 saturated heterocycles. The fourth-order valence-corrected chi connectivity index (χ4v) is 3.67. The van der Waals surface area contributed by atoms with Crippen molar-refractivity contribution in [1.82, 2.24) is 15.1 Å². The maximum atomic E-state index is 12.9. The zero-order valence-corrected chi connectivity index (χ0v) is 17.0. The van der Waals surface area contributed by atoms with Crippen LogP contribution in [0.2, 0.25) is 5.02 Å².